The first-order chi connectivity index (χ1) is 10.3. The molecule has 3 rings (SSSR count). The van der Waals surface area contributed by atoms with Gasteiger partial charge in [0.05, 0.1) is 19.1 Å². The first-order valence-corrected chi connectivity index (χ1v) is 7.98. The van der Waals surface area contributed by atoms with Crippen molar-refractivity contribution in [1.29, 1.82) is 0 Å². The van der Waals surface area contributed by atoms with E-state index in [0.29, 0.717) is 19.6 Å². The number of hydrogen-bond donors (Lipinski definition) is 1. The molecule has 1 amide bonds. The molecule has 1 saturated heterocycles. The summed E-state index contributed by atoms with van der Waals surface area (Å²) < 4.78 is 5.86. The summed E-state index contributed by atoms with van der Waals surface area (Å²) in [5, 5.41) is 0. The molecule has 0 saturated carbocycles. The van der Waals surface area contributed by atoms with E-state index in [9.17, 15) is 4.79 Å². The number of nitrogens with zero attached hydrogens (tertiary/aromatic N) is 1. The maximum atomic E-state index is 12.6. The Kier molecular flexibility index (Phi) is 4.56. The van der Waals surface area contributed by atoms with Gasteiger partial charge in [0.1, 0.15) is 0 Å². The van der Waals surface area contributed by atoms with Gasteiger partial charge in [-0.05, 0) is 36.8 Å². The fraction of sp³-hybridized carbons (Fsp3) is 0.588. The van der Waals surface area contributed by atoms with Crippen molar-refractivity contribution in [2.24, 2.45) is 5.73 Å². The molecule has 2 N–H and O–H groups in total. The minimum absolute atomic E-state index is 0.0946. The maximum absolute atomic E-state index is 12.6. The molecule has 0 aliphatic carbocycles. The van der Waals surface area contributed by atoms with Crippen molar-refractivity contribution >= 4 is 5.91 Å². The zero-order valence-electron chi connectivity index (χ0n) is 12.5. The van der Waals surface area contributed by atoms with E-state index in [2.05, 4.69) is 18.2 Å². The molecule has 4 heteroatoms. The minimum atomic E-state index is -0.0946. The number of carbonyl (C=O) groups is 1. The Morgan fingerprint density at radius 1 is 1.33 bits per heavy atom. The predicted octanol–water partition coefficient (Wildman–Crippen LogP) is 2.03. The van der Waals surface area contributed by atoms with Crippen molar-refractivity contribution in [2.75, 3.05) is 19.7 Å². The van der Waals surface area contributed by atoms with E-state index in [0.717, 1.165) is 25.8 Å². The number of ether oxygens (including phenoxy) is 1. The third-order valence-corrected chi connectivity index (χ3v) is 4.67. The van der Waals surface area contributed by atoms with E-state index in [1.165, 1.54) is 17.5 Å². The number of amides is 1. The second kappa shape index (κ2) is 6.58. The summed E-state index contributed by atoms with van der Waals surface area (Å²) in [6, 6.07) is 8.51. The van der Waals surface area contributed by atoms with E-state index >= 15 is 0 Å². The molecular weight excluding hydrogens is 264 g/mol. The minimum Gasteiger partial charge on any atom is -0.373 e. The monoisotopic (exact) mass is 288 g/mol. The summed E-state index contributed by atoms with van der Waals surface area (Å²) in [5.74, 6) is 0.187. The second-order valence-electron chi connectivity index (χ2n) is 5.98. The summed E-state index contributed by atoms with van der Waals surface area (Å²) >= 11 is 0. The van der Waals surface area contributed by atoms with Crippen molar-refractivity contribution in [2.45, 2.75) is 44.2 Å². The van der Waals surface area contributed by atoms with Crippen LogP contribution in [0.4, 0.5) is 0 Å². The Morgan fingerprint density at radius 2 is 2.19 bits per heavy atom. The molecule has 0 unspecified atom stereocenters. The smallest absolute Gasteiger partial charge is 0.225 e. The molecule has 114 valence electrons. The van der Waals surface area contributed by atoms with Gasteiger partial charge in [-0.1, -0.05) is 24.3 Å². The first-order valence-electron chi connectivity index (χ1n) is 7.98. The van der Waals surface area contributed by atoms with Crippen LogP contribution in [0.25, 0.3) is 0 Å². The number of hydrogen-bond acceptors (Lipinski definition) is 3. The van der Waals surface area contributed by atoms with Gasteiger partial charge in [-0.25, -0.2) is 0 Å². The van der Waals surface area contributed by atoms with Crippen LogP contribution in [0.3, 0.4) is 0 Å². The van der Waals surface area contributed by atoms with Crippen LogP contribution < -0.4 is 5.73 Å². The van der Waals surface area contributed by atoms with E-state index < -0.39 is 0 Å². The van der Waals surface area contributed by atoms with Gasteiger partial charge in [0.15, 0.2) is 0 Å². The summed E-state index contributed by atoms with van der Waals surface area (Å²) in [7, 11) is 0. The number of benzene rings is 1. The SMILES string of the molecule is NC[C@H]1CCCCN1C(=O)C[C@H]1OCCc2ccccc21. The van der Waals surface area contributed by atoms with Crippen LogP contribution in [0.5, 0.6) is 0 Å². The topological polar surface area (TPSA) is 55.6 Å². The molecule has 1 aromatic rings. The molecule has 2 atom stereocenters. The van der Waals surface area contributed by atoms with Crippen LogP contribution in [0.2, 0.25) is 0 Å². The Bertz CT molecular complexity index is 503. The lowest BCUT2D eigenvalue weighted by molar-refractivity contribution is -0.138. The molecule has 0 bridgehead atoms. The summed E-state index contributed by atoms with van der Waals surface area (Å²) in [4.78, 5) is 14.6. The van der Waals surface area contributed by atoms with Crippen molar-refractivity contribution in [3.8, 4) is 0 Å². The Hall–Kier alpha value is -1.39. The summed E-state index contributed by atoms with van der Waals surface area (Å²) in [6.45, 7) is 2.11. The van der Waals surface area contributed by atoms with Gasteiger partial charge in [0, 0.05) is 19.1 Å². The largest absolute Gasteiger partial charge is 0.373 e. The lowest BCUT2D eigenvalue weighted by Gasteiger charge is -2.36. The number of likely N-dealkylation sites (tertiary alicyclic amines) is 1. The predicted molar refractivity (Wildman–Crippen MR) is 81.9 cm³/mol. The molecule has 0 radical (unpaired) electrons. The molecule has 4 nitrogen and oxygen atoms in total. The van der Waals surface area contributed by atoms with Gasteiger partial charge in [-0.3, -0.25) is 4.79 Å². The maximum Gasteiger partial charge on any atom is 0.225 e. The van der Waals surface area contributed by atoms with Gasteiger partial charge >= 0.3 is 0 Å². The molecule has 1 aromatic carbocycles. The van der Waals surface area contributed by atoms with Crippen molar-refractivity contribution in [3.63, 3.8) is 0 Å². The number of fused-ring (bicyclic) bond motifs is 1. The number of nitrogens with two attached hydrogens (primary N) is 1. The Morgan fingerprint density at radius 3 is 3.05 bits per heavy atom. The zero-order chi connectivity index (χ0) is 14.7. The van der Waals surface area contributed by atoms with E-state index in [4.69, 9.17) is 10.5 Å². The van der Waals surface area contributed by atoms with Crippen molar-refractivity contribution in [3.05, 3.63) is 35.4 Å². The molecule has 0 aromatic heterocycles. The molecule has 2 aliphatic rings. The van der Waals surface area contributed by atoms with Gasteiger partial charge in [0.2, 0.25) is 5.91 Å². The standard InChI is InChI=1S/C17H24N2O2/c18-12-14-6-3-4-9-19(14)17(20)11-16-15-7-2-1-5-13(15)8-10-21-16/h1-2,5,7,14,16H,3-4,6,8-12,18H2/t14-,16-/m1/s1. The highest BCUT2D eigenvalue weighted by atomic mass is 16.5. The fourth-order valence-corrected chi connectivity index (χ4v) is 3.50. The lowest BCUT2D eigenvalue weighted by Crippen LogP contribution is -2.47. The van der Waals surface area contributed by atoms with Crippen LogP contribution in [-0.4, -0.2) is 36.5 Å². The van der Waals surface area contributed by atoms with Crippen molar-refractivity contribution < 1.29 is 9.53 Å². The van der Waals surface area contributed by atoms with Crippen LogP contribution >= 0.6 is 0 Å². The zero-order valence-corrected chi connectivity index (χ0v) is 12.5. The highest BCUT2D eigenvalue weighted by Gasteiger charge is 2.29. The van der Waals surface area contributed by atoms with E-state index in [-0.39, 0.29) is 18.1 Å². The van der Waals surface area contributed by atoms with E-state index in [1.807, 2.05) is 11.0 Å². The third-order valence-electron chi connectivity index (χ3n) is 4.67. The molecule has 2 heterocycles. The number of rotatable bonds is 3. The molecule has 1 fully saturated rings. The second-order valence-corrected chi connectivity index (χ2v) is 5.98. The molecule has 21 heavy (non-hydrogen) atoms. The van der Waals surface area contributed by atoms with Crippen LogP contribution in [0.15, 0.2) is 24.3 Å². The quantitative estimate of drug-likeness (QED) is 0.926. The highest BCUT2D eigenvalue weighted by Crippen LogP contribution is 2.30. The average molecular weight is 288 g/mol. The van der Waals surface area contributed by atoms with Gasteiger partial charge in [-0.2, -0.15) is 0 Å². The molecular formula is C17H24N2O2. The van der Waals surface area contributed by atoms with Gasteiger partial charge in [-0.15, -0.1) is 0 Å². The lowest BCUT2D eigenvalue weighted by atomic mass is 9.94. The van der Waals surface area contributed by atoms with Gasteiger partial charge in [0.25, 0.3) is 0 Å². The van der Waals surface area contributed by atoms with Crippen LogP contribution in [0.1, 0.15) is 42.9 Å². The summed E-state index contributed by atoms with van der Waals surface area (Å²) in [6.07, 6.45) is 4.58. The molecule has 2 aliphatic heterocycles. The average Bonchev–Trinajstić information content (AvgIpc) is 2.55. The van der Waals surface area contributed by atoms with Crippen LogP contribution in [0, 0.1) is 0 Å². The van der Waals surface area contributed by atoms with Crippen LogP contribution in [-0.2, 0) is 16.0 Å². The summed E-state index contributed by atoms with van der Waals surface area (Å²) in [5.41, 5.74) is 8.31. The Balaban J connectivity index is 1.70. The highest BCUT2D eigenvalue weighted by molar-refractivity contribution is 5.77. The normalized spacial score (nSPS) is 25.5. The number of carbonyl (C=O) groups excluding carboxylic acids is 1. The van der Waals surface area contributed by atoms with Crippen molar-refractivity contribution in [1.82, 2.24) is 4.90 Å². The first kappa shape index (κ1) is 14.5. The Labute approximate surface area is 126 Å². The van der Waals surface area contributed by atoms with E-state index in [1.54, 1.807) is 0 Å². The fourth-order valence-electron chi connectivity index (χ4n) is 3.50. The number of piperidine rings is 1. The molecule has 0 spiro atoms. The van der Waals surface area contributed by atoms with Gasteiger partial charge < -0.3 is 15.4 Å². The third kappa shape index (κ3) is 3.11.